The van der Waals surface area contributed by atoms with Gasteiger partial charge in [0, 0.05) is 51.4 Å². The van der Waals surface area contributed by atoms with E-state index in [1.165, 1.54) is 0 Å². The number of likely N-dealkylation sites (tertiary alicyclic amines) is 1. The van der Waals surface area contributed by atoms with Crippen LogP contribution in [0.3, 0.4) is 0 Å². The van der Waals surface area contributed by atoms with Crippen LogP contribution in [0.15, 0.2) is 0 Å². The number of carbonyl (C=O) groups excluding carboxylic acids is 2. The van der Waals surface area contributed by atoms with Crippen molar-refractivity contribution in [3.05, 3.63) is 0 Å². The van der Waals surface area contributed by atoms with Crippen LogP contribution < -0.4 is 0 Å². The van der Waals surface area contributed by atoms with Gasteiger partial charge in [0.05, 0.1) is 26.4 Å². The molecule has 26 heavy (non-hydrogen) atoms. The molecule has 0 N–H and O–H groups in total. The zero-order valence-electron chi connectivity index (χ0n) is 16.1. The highest BCUT2D eigenvalue weighted by atomic mass is 16.5. The number of amides is 2. The van der Waals surface area contributed by atoms with Gasteiger partial charge in [-0.3, -0.25) is 14.6 Å². The second-order valence-electron chi connectivity index (χ2n) is 7.53. The summed E-state index contributed by atoms with van der Waals surface area (Å²) in [6.07, 6.45) is 1.89. The Kier molecular flexibility index (Phi) is 6.37. The molecule has 148 valence electrons. The molecule has 0 atom stereocenters. The van der Waals surface area contributed by atoms with E-state index in [4.69, 9.17) is 9.47 Å². The number of nitrogens with zero attached hydrogens (tertiary/aromatic N) is 4. The molecule has 3 aliphatic heterocycles. The Labute approximate surface area is 156 Å². The van der Waals surface area contributed by atoms with E-state index in [0.717, 1.165) is 45.6 Å². The Hall–Kier alpha value is -1.38. The Morgan fingerprint density at radius 2 is 1.65 bits per heavy atom. The van der Waals surface area contributed by atoms with E-state index in [2.05, 4.69) is 16.8 Å². The number of piperazine rings is 1. The largest absolute Gasteiger partial charge is 0.465 e. The third-order valence-corrected chi connectivity index (χ3v) is 5.98. The van der Waals surface area contributed by atoms with Crippen LogP contribution in [0, 0.1) is 0 Å². The second kappa shape index (κ2) is 8.54. The number of esters is 1. The number of piperidine rings is 1. The van der Waals surface area contributed by atoms with Crippen molar-refractivity contribution in [3.63, 3.8) is 0 Å². The fourth-order valence-corrected chi connectivity index (χ4v) is 4.28. The zero-order chi connectivity index (χ0) is 18.6. The van der Waals surface area contributed by atoms with Gasteiger partial charge in [0.1, 0.15) is 0 Å². The highest BCUT2D eigenvalue weighted by Gasteiger charge is 2.43. The molecule has 0 bridgehead atoms. The van der Waals surface area contributed by atoms with Gasteiger partial charge in [0.15, 0.2) is 0 Å². The van der Waals surface area contributed by atoms with Gasteiger partial charge in [-0.2, -0.15) is 0 Å². The molecular weight excluding hydrogens is 336 g/mol. The van der Waals surface area contributed by atoms with Gasteiger partial charge in [-0.1, -0.05) is 0 Å². The molecular formula is C18H32N4O4. The van der Waals surface area contributed by atoms with Crippen LogP contribution in [0.2, 0.25) is 0 Å². The van der Waals surface area contributed by atoms with Gasteiger partial charge >= 0.3 is 12.0 Å². The summed E-state index contributed by atoms with van der Waals surface area (Å²) in [5.41, 5.74) is 0.0481. The van der Waals surface area contributed by atoms with Gasteiger partial charge in [-0.15, -0.1) is 0 Å². The van der Waals surface area contributed by atoms with Crippen molar-refractivity contribution < 1.29 is 19.1 Å². The van der Waals surface area contributed by atoms with E-state index in [1.54, 1.807) is 0 Å². The van der Waals surface area contributed by atoms with Crippen LogP contribution in [0.1, 0.15) is 19.8 Å². The maximum Gasteiger partial charge on any atom is 0.320 e. The molecule has 8 heteroatoms. The molecule has 3 fully saturated rings. The van der Waals surface area contributed by atoms with Gasteiger partial charge < -0.3 is 19.3 Å². The highest BCUT2D eigenvalue weighted by Crippen LogP contribution is 2.32. The summed E-state index contributed by atoms with van der Waals surface area (Å²) >= 11 is 0. The predicted octanol–water partition coefficient (Wildman–Crippen LogP) is 0.0837. The van der Waals surface area contributed by atoms with Crippen molar-refractivity contribution in [2.45, 2.75) is 25.3 Å². The summed E-state index contributed by atoms with van der Waals surface area (Å²) in [5.74, 6) is -0.146. The van der Waals surface area contributed by atoms with Crippen LogP contribution in [0.5, 0.6) is 0 Å². The third kappa shape index (κ3) is 4.29. The molecule has 0 aromatic heterocycles. The van der Waals surface area contributed by atoms with E-state index < -0.39 is 0 Å². The standard InChI is InChI=1S/C18H32N4O4/c1-3-26-16(23)14-20-9-8-19(2)18(15-20)4-6-21(7-5-18)17(24)22-10-12-25-13-11-22/h3-15H2,1-2H3. The predicted molar refractivity (Wildman–Crippen MR) is 97.0 cm³/mol. The van der Waals surface area contributed by atoms with Crippen molar-refractivity contribution >= 4 is 12.0 Å². The first-order chi connectivity index (χ1) is 12.5. The molecule has 0 saturated carbocycles. The van der Waals surface area contributed by atoms with Gasteiger partial charge in [0.2, 0.25) is 0 Å². The summed E-state index contributed by atoms with van der Waals surface area (Å²) in [6, 6.07) is 0.144. The lowest BCUT2D eigenvalue weighted by atomic mass is 9.83. The van der Waals surface area contributed by atoms with E-state index >= 15 is 0 Å². The minimum Gasteiger partial charge on any atom is -0.465 e. The number of likely N-dealkylation sites (N-methyl/N-ethyl adjacent to an activating group) is 1. The molecule has 3 aliphatic rings. The molecule has 8 nitrogen and oxygen atoms in total. The lowest BCUT2D eigenvalue weighted by Gasteiger charge is -2.53. The van der Waals surface area contributed by atoms with Gasteiger partial charge in [-0.25, -0.2) is 4.79 Å². The summed E-state index contributed by atoms with van der Waals surface area (Å²) in [6.45, 7) is 9.50. The van der Waals surface area contributed by atoms with Crippen molar-refractivity contribution in [2.75, 3.05) is 79.2 Å². The molecule has 0 aromatic carbocycles. The van der Waals surface area contributed by atoms with Gasteiger partial charge in [0.25, 0.3) is 0 Å². The monoisotopic (exact) mass is 368 g/mol. The molecule has 0 aliphatic carbocycles. The lowest BCUT2D eigenvalue weighted by Crippen LogP contribution is -2.65. The molecule has 3 saturated heterocycles. The molecule has 1 spiro atoms. The minimum absolute atomic E-state index is 0.0481. The summed E-state index contributed by atoms with van der Waals surface area (Å²) < 4.78 is 10.4. The van der Waals surface area contributed by atoms with E-state index in [-0.39, 0.29) is 17.5 Å². The van der Waals surface area contributed by atoms with Crippen molar-refractivity contribution in [3.8, 4) is 0 Å². The number of rotatable bonds is 3. The number of carbonyl (C=O) groups is 2. The number of urea groups is 1. The van der Waals surface area contributed by atoms with Crippen molar-refractivity contribution in [1.82, 2.24) is 19.6 Å². The Balaban J connectivity index is 1.55. The van der Waals surface area contributed by atoms with Crippen LogP contribution in [0.25, 0.3) is 0 Å². The van der Waals surface area contributed by atoms with Crippen LogP contribution in [-0.2, 0) is 14.3 Å². The lowest BCUT2D eigenvalue weighted by molar-refractivity contribution is -0.146. The second-order valence-corrected chi connectivity index (χ2v) is 7.53. The Morgan fingerprint density at radius 3 is 2.31 bits per heavy atom. The number of hydrogen-bond donors (Lipinski definition) is 0. The molecule has 0 aromatic rings. The summed E-state index contributed by atoms with van der Waals surface area (Å²) in [5, 5.41) is 0. The number of hydrogen-bond acceptors (Lipinski definition) is 6. The first-order valence-electron chi connectivity index (χ1n) is 9.75. The molecule has 3 heterocycles. The highest BCUT2D eigenvalue weighted by molar-refractivity contribution is 5.74. The summed E-state index contributed by atoms with van der Waals surface area (Å²) in [7, 11) is 2.17. The van der Waals surface area contributed by atoms with E-state index in [0.29, 0.717) is 39.5 Å². The fourth-order valence-electron chi connectivity index (χ4n) is 4.28. The first-order valence-corrected chi connectivity index (χ1v) is 9.75. The van der Waals surface area contributed by atoms with Crippen molar-refractivity contribution in [1.29, 1.82) is 0 Å². The normalized spacial score (nSPS) is 24.7. The third-order valence-electron chi connectivity index (χ3n) is 5.98. The maximum atomic E-state index is 12.7. The maximum absolute atomic E-state index is 12.7. The number of morpholine rings is 1. The SMILES string of the molecule is CCOC(=O)CN1CCN(C)C2(CCN(C(=O)N3CCOCC3)CC2)C1. The zero-order valence-corrected chi connectivity index (χ0v) is 16.1. The topological polar surface area (TPSA) is 65.6 Å². The average molecular weight is 368 g/mol. The fraction of sp³-hybridized carbons (Fsp3) is 0.889. The molecule has 2 amide bonds. The number of ether oxygens (including phenoxy) is 2. The smallest absolute Gasteiger partial charge is 0.320 e. The van der Waals surface area contributed by atoms with E-state index in [1.807, 2.05) is 16.7 Å². The Morgan fingerprint density at radius 1 is 1.00 bits per heavy atom. The molecule has 0 unspecified atom stereocenters. The van der Waals surface area contributed by atoms with E-state index in [9.17, 15) is 9.59 Å². The Bertz CT molecular complexity index is 501. The van der Waals surface area contributed by atoms with Crippen LogP contribution >= 0.6 is 0 Å². The van der Waals surface area contributed by atoms with Crippen molar-refractivity contribution in [2.24, 2.45) is 0 Å². The molecule has 3 rings (SSSR count). The quantitative estimate of drug-likeness (QED) is 0.658. The minimum atomic E-state index is -0.146. The first kappa shape index (κ1) is 19.4. The summed E-state index contributed by atoms with van der Waals surface area (Å²) in [4.78, 5) is 33.0. The van der Waals surface area contributed by atoms with Gasteiger partial charge in [-0.05, 0) is 26.8 Å². The van der Waals surface area contributed by atoms with Crippen LogP contribution in [-0.4, -0.2) is 116 Å². The molecule has 0 radical (unpaired) electrons. The van der Waals surface area contributed by atoms with Crippen LogP contribution in [0.4, 0.5) is 4.79 Å². The average Bonchev–Trinajstić information content (AvgIpc) is 2.66.